The van der Waals surface area contributed by atoms with Crippen LogP contribution < -0.4 is 5.32 Å². The van der Waals surface area contributed by atoms with Gasteiger partial charge in [0.1, 0.15) is 17.5 Å². The van der Waals surface area contributed by atoms with Crippen LogP contribution in [0.15, 0.2) is 6.20 Å². The van der Waals surface area contributed by atoms with Crippen LogP contribution in [0, 0.1) is 11.3 Å². The summed E-state index contributed by atoms with van der Waals surface area (Å²) in [5.41, 5.74) is 0.400. The zero-order valence-corrected chi connectivity index (χ0v) is 8.03. The molecular weight excluding hydrogens is 182 g/mol. The molecule has 0 unspecified atom stereocenters. The van der Waals surface area contributed by atoms with Crippen molar-refractivity contribution in [2.24, 2.45) is 0 Å². The third-order valence-electron chi connectivity index (χ3n) is 1.67. The van der Waals surface area contributed by atoms with E-state index in [0.29, 0.717) is 11.4 Å². The zero-order chi connectivity index (χ0) is 10.6. The number of likely N-dealkylation sites (N-methyl/N-ethyl adjacent to an activating group) is 1. The van der Waals surface area contributed by atoms with Gasteiger partial charge in [0.25, 0.3) is 0 Å². The molecule has 0 saturated heterocycles. The maximum absolute atomic E-state index is 11.2. The van der Waals surface area contributed by atoms with Gasteiger partial charge in [-0.1, -0.05) is 0 Å². The summed E-state index contributed by atoms with van der Waals surface area (Å²) < 4.78 is 0. The minimum absolute atomic E-state index is 0.0662. The molecule has 1 heterocycles. The number of nitrogens with zero attached hydrogens (tertiary/aromatic N) is 3. The Morgan fingerprint density at radius 3 is 3.07 bits per heavy atom. The monoisotopic (exact) mass is 193 g/mol. The number of nitriles is 1. The summed E-state index contributed by atoms with van der Waals surface area (Å²) in [6.45, 7) is 0.143. The number of H-pyrrole nitrogens is 1. The number of aromatic nitrogens is 2. The van der Waals surface area contributed by atoms with Crippen molar-refractivity contribution in [2.45, 2.75) is 0 Å². The van der Waals surface area contributed by atoms with Crippen LogP contribution in [0.4, 0.5) is 5.82 Å². The molecule has 1 amide bonds. The molecule has 0 fully saturated rings. The van der Waals surface area contributed by atoms with E-state index in [1.54, 1.807) is 14.1 Å². The fourth-order valence-electron chi connectivity index (χ4n) is 0.828. The summed E-state index contributed by atoms with van der Waals surface area (Å²) >= 11 is 0. The largest absolute Gasteiger partial charge is 0.360 e. The third-order valence-corrected chi connectivity index (χ3v) is 1.67. The van der Waals surface area contributed by atoms with Crippen LogP contribution in [-0.4, -0.2) is 41.6 Å². The first-order valence-corrected chi connectivity index (χ1v) is 4.02. The van der Waals surface area contributed by atoms with Gasteiger partial charge in [-0.05, 0) is 0 Å². The average Bonchev–Trinajstić information content (AvgIpc) is 2.60. The Kier molecular flexibility index (Phi) is 3.07. The van der Waals surface area contributed by atoms with E-state index in [9.17, 15) is 4.79 Å². The molecule has 1 rings (SSSR count). The summed E-state index contributed by atoms with van der Waals surface area (Å²) in [5.74, 6) is 0.409. The van der Waals surface area contributed by atoms with Crippen LogP contribution in [0.2, 0.25) is 0 Å². The highest BCUT2D eigenvalue weighted by molar-refractivity contribution is 5.80. The standard InChI is InChI=1S/C8H11N5O/c1-13(2)7(14)5-10-8-6(3-9)4-11-12-8/h4H,5H2,1-2H3,(H2,10,11,12). The molecule has 74 valence electrons. The van der Waals surface area contributed by atoms with Crippen LogP contribution in [-0.2, 0) is 4.79 Å². The lowest BCUT2D eigenvalue weighted by Crippen LogP contribution is -2.28. The summed E-state index contributed by atoms with van der Waals surface area (Å²) in [5, 5.41) is 17.7. The minimum Gasteiger partial charge on any atom is -0.360 e. The molecule has 0 radical (unpaired) electrons. The number of aromatic amines is 1. The quantitative estimate of drug-likeness (QED) is 0.695. The first-order chi connectivity index (χ1) is 6.65. The Morgan fingerprint density at radius 1 is 1.79 bits per heavy atom. The summed E-state index contributed by atoms with van der Waals surface area (Å²) in [7, 11) is 3.34. The number of amides is 1. The Balaban J connectivity index is 2.55. The van der Waals surface area contributed by atoms with Gasteiger partial charge >= 0.3 is 0 Å². The number of hydrogen-bond acceptors (Lipinski definition) is 4. The first-order valence-electron chi connectivity index (χ1n) is 4.02. The SMILES string of the molecule is CN(C)C(=O)CNc1[nH]ncc1C#N. The molecule has 1 aromatic heterocycles. The third kappa shape index (κ3) is 2.23. The van der Waals surface area contributed by atoms with Crippen LogP contribution in [0.3, 0.4) is 0 Å². The molecule has 1 aromatic rings. The maximum Gasteiger partial charge on any atom is 0.241 e. The lowest BCUT2D eigenvalue weighted by Gasteiger charge is -2.10. The van der Waals surface area contributed by atoms with Gasteiger partial charge in [-0.3, -0.25) is 9.89 Å². The minimum atomic E-state index is -0.0662. The molecule has 0 aliphatic rings. The Hall–Kier alpha value is -2.03. The molecular formula is C8H11N5O. The number of carbonyl (C=O) groups is 1. The van der Waals surface area contributed by atoms with E-state index >= 15 is 0 Å². The van der Waals surface area contributed by atoms with Gasteiger partial charge in [-0.25, -0.2) is 0 Å². The highest BCUT2D eigenvalue weighted by Gasteiger charge is 2.07. The molecule has 0 bridgehead atoms. The average molecular weight is 193 g/mol. The fraction of sp³-hybridized carbons (Fsp3) is 0.375. The lowest BCUT2D eigenvalue weighted by molar-refractivity contribution is -0.126. The van der Waals surface area contributed by atoms with Crippen molar-refractivity contribution in [3.63, 3.8) is 0 Å². The van der Waals surface area contributed by atoms with Gasteiger partial charge in [-0.2, -0.15) is 10.4 Å². The van der Waals surface area contributed by atoms with Crippen molar-refractivity contribution in [3.8, 4) is 6.07 Å². The number of carbonyl (C=O) groups excluding carboxylic acids is 1. The molecule has 6 nitrogen and oxygen atoms in total. The summed E-state index contributed by atoms with van der Waals surface area (Å²) in [4.78, 5) is 12.7. The summed E-state index contributed by atoms with van der Waals surface area (Å²) in [6.07, 6.45) is 1.41. The topological polar surface area (TPSA) is 84.8 Å². The van der Waals surface area contributed by atoms with Gasteiger partial charge in [-0.15, -0.1) is 0 Å². The van der Waals surface area contributed by atoms with E-state index < -0.39 is 0 Å². The van der Waals surface area contributed by atoms with E-state index in [0.717, 1.165) is 0 Å². The Morgan fingerprint density at radius 2 is 2.50 bits per heavy atom. The van der Waals surface area contributed by atoms with E-state index in [-0.39, 0.29) is 12.5 Å². The Bertz CT molecular complexity index is 362. The van der Waals surface area contributed by atoms with Crippen LogP contribution in [0.5, 0.6) is 0 Å². The van der Waals surface area contributed by atoms with Crippen LogP contribution in [0.25, 0.3) is 0 Å². The molecule has 14 heavy (non-hydrogen) atoms. The normalized spacial score (nSPS) is 9.21. The molecule has 0 spiro atoms. The molecule has 0 atom stereocenters. The van der Waals surface area contributed by atoms with Crippen LogP contribution in [0.1, 0.15) is 5.56 Å². The Labute approximate surface area is 81.5 Å². The van der Waals surface area contributed by atoms with Crippen molar-refractivity contribution in [3.05, 3.63) is 11.8 Å². The van der Waals surface area contributed by atoms with Gasteiger partial charge in [0.15, 0.2) is 0 Å². The molecule has 6 heteroatoms. The predicted octanol–water partition coefficient (Wildman–Crippen LogP) is -0.219. The van der Waals surface area contributed by atoms with Crippen molar-refractivity contribution < 1.29 is 4.79 Å². The van der Waals surface area contributed by atoms with E-state index in [1.165, 1.54) is 11.1 Å². The highest BCUT2D eigenvalue weighted by Crippen LogP contribution is 2.07. The van der Waals surface area contributed by atoms with Crippen LogP contribution >= 0.6 is 0 Å². The van der Waals surface area contributed by atoms with Crippen molar-refractivity contribution in [1.29, 1.82) is 5.26 Å². The number of rotatable bonds is 3. The van der Waals surface area contributed by atoms with Crippen molar-refractivity contribution in [1.82, 2.24) is 15.1 Å². The molecule has 0 saturated carbocycles. The fourth-order valence-corrected chi connectivity index (χ4v) is 0.828. The smallest absolute Gasteiger partial charge is 0.241 e. The van der Waals surface area contributed by atoms with E-state index in [2.05, 4.69) is 15.5 Å². The number of nitrogens with one attached hydrogen (secondary N) is 2. The van der Waals surface area contributed by atoms with Gasteiger partial charge in [0.05, 0.1) is 12.7 Å². The lowest BCUT2D eigenvalue weighted by atomic mass is 10.3. The molecule has 0 aliphatic carbocycles. The number of hydrogen-bond donors (Lipinski definition) is 2. The highest BCUT2D eigenvalue weighted by atomic mass is 16.2. The molecule has 2 N–H and O–H groups in total. The van der Waals surface area contributed by atoms with Crippen molar-refractivity contribution >= 4 is 11.7 Å². The van der Waals surface area contributed by atoms with E-state index in [1.807, 2.05) is 6.07 Å². The molecule has 0 aromatic carbocycles. The number of anilines is 1. The van der Waals surface area contributed by atoms with Gasteiger partial charge in [0, 0.05) is 14.1 Å². The zero-order valence-electron chi connectivity index (χ0n) is 8.03. The van der Waals surface area contributed by atoms with Crippen molar-refractivity contribution in [2.75, 3.05) is 26.0 Å². The van der Waals surface area contributed by atoms with E-state index in [4.69, 9.17) is 5.26 Å². The predicted molar refractivity (Wildman–Crippen MR) is 50.5 cm³/mol. The summed E-state index contributed by atoms with van der Waals surface area (Å²) in [6, 6.07) is 1.95. The second-order valence-electron chi connectivity index (χ2n) is 2.91. The van der Waals surface area contributed by atoms with Gasteiger partial charge < -0.3 is 10.2 Å². The molecule has 0 aliphatic heterocycles. The second-order valence-corrected chi connectivity index (χ2v) is 2.91. The second kappa shape index (κ2) is 4.28. The first kappa shape index (κ1) is 10.1. The van der Waals surface area contributed by atoms with Gasteiger partial charge in [0.2, 0.25) is 5.91 Å². The maximum atomic E-state index is 11.2.